The fourth-order valence-electron chi connectivity index (χ4n) is 1.52. The van der Waals surface area contributed by atoms with Gasteiger partial charge in [-0.15, -0.1) is 0 Å². The average Bonchev–Trinajstić information content (AvgIpc) is 2.64. The Morgan fingerprint density at radius 1 is 1.44 bits per heavy atom. The Bertz CT molecular complexity index is 480. The van der Waals surface area contributed by atoms with Gasteiger partial charge in [0.2, 0.25) is 5.95 Å². The maximum Gasteiger partial charge on any atom is 0.214 e. The van der Waals surface area contributed by atoms with Crippen molar-refractivity contribution in [3.05, 3.63) is 42.1 Å². The minimum Gasteiger partial charge on any atom is -0.355 e. The molecule has 0 amide bonds. The molecule has 0 unspecified atom stereocenters. The van der Waals surface area contributed by atoms with Crippen LogP contribution >= 0.6 is 0 Å². The van der Waals surface area contributed by atoms with E-state index >= 15 is 0 Å². The molecule has 0 N–H and O–H groups in total. The van der Waals surface area contributed by atoms with Crippen LogP contribution in [0, 0.1) is 5.95 Å². The molecule has 2 heterocycles. The van der Waals surface area contributed by atoms with Crippen LogP contribution in [0.3, 0.4) is 0 Å². The Hall–Kier alpha value is -1.91. The summed E-state index contributed by atoms with van der Waals surface area (Å²) in [7, 11) is 3.73. The lowest BCUT2D eigenvalue weighted by Gasteiger charge is -2.16. The van der Waals surface area contributed by atoms with E-state index in [-0.39, 0.29) is 0 Å². The third-order valence-corrected chi connectivity index (χ3v) is 2.27. The number of anilines is 1. The maximum absolute atomic E-state index is 12.9. The summed E-state index contributed by atoms with van der Waals surface area (Å²) in [6.07, 6.45) is 3.71. The molecule has 5 heteroatoms. The van der Waals surface area contributed by atoms with Gasteiger partial charge in [-0.05, 0) is 12.1 Å². The van der Waals surface area contributed by atoms with Crippen molar-refractivity contribution in [3.63, 3.8) is 0 Å². The summed E-state index contributed by atoms with van der Waals surface area (Å²) in [6, 6.07) is 4.76. The van der Waals surface area contributed by atoms with Crippen LogP contribution in [-0.4, -0.2) is 21.8 Å². The molecule has 4 nitrogen and oxygen atoms in total. The summed E-state index contributed by atoms with van der Waals surface area (Å²) < 4.78 is 14.7. The number of rotatable bonds is 3. The summed E-state index contributed by atoms with van der Waals surface area (Å²) in [5.74, 6) is 0.152. The SMILES string of the molecule is CN(Cc1cnn(C)c1)c1cccc(F)n1. The van der Waals surface area contributed by atoms with Crippen LogP contribution in [0.4, 0.5) is 10.2 Å². The van der Waals surface area contributed by atoms with Crippen molar-refractivity contribution in [1.29, 1.82) is 0 Å². The number of hydrogen-bond donors (Lipinski definition) is 0. The van der Waals surface area contributed by atoms with Crippen LogP contribution in [0.2, 0.25) is 0 Å². The van der Waals surface area contributed by atoms with Gasteiger partial charge in [-0.2, -0.15) is 9.49 Å². The van der Waals surface area contributed by atoms with Crippen LogP contribution in [0.5, 0.6) is 0 Å². The lowest BCUT2D eigenvalue weighted by atomic mass is 10.3. The number of hydrogen-bond acceptors (Lipinski definition) is 3. The lowest BCUT2D eigenvalue weighted by molar-refractivity contribution is 0.582. The van der Waals surface area contributed by atoms with Gasteiger partial charge in [-0.1, -0.05) is 6.07 Å². The maximum atomic E-state index is 12.9. The standard InChI is InChI=1S/C11H13FN4/c1-15(7-9-6-13-16(2)8-9)11-5-3-4-10(12)14-11/h3-6,8H,7H2,1-2H3. The van der Waals surface area contributed by atoms with Crippen molar-refractivity contribution in [2.75, 3.05) is 11.9 Å². The number of halogens is 1. The zero-order chi connectivity index (χ0) is 11.5. The van der Waals surface area contributed by atoms with Crippen molar-refractivity contribution in [1.82, 2.24) is 14.8 Å². The van der Waals surface area contributed by atoms with E-state index in [9.17, 15) is 4.39 Å². The van der Waals surface area contributed by atoms with Gasteiger partial charge in [0.25, 0.3) is 0 Å². The predicted octanol–water partition coefficient (Wildman–Crippen LogP) is 1.59. The summed E-state index contributed by atoms with van der Waals surface area (Å²) in [5, 5.41) is 4.08. The molecule has 0 bridgehead atoms. The molecular formula is C11H13FN4. The molecule has 16 heavy (non-hydrogen) atoms. The molecule has 0 aliphatic heterocycles. The quantitative estimate of drug-likeness (QED) is 0.737. The van der Waals surface area contributed by atoms with Crippen molar-refractivity contribution in [2.45, 2.75) is 6.54 Å². The first kappa shape index (κ1) is 10.6. The zero-order valence-corrected chi connectivity index (χ0v) is 9.26. The summed E-state index contributed by atoms with van der Waals surface area (Å²) in [4.78, 5) is 5.68. The van der Waals surface area contributed by atoms with Gasteiger partial charge >= 0.3 is 0 Å². The highest BCUT2D eigenvalue weighted by molar-refractivity contribution is 5.37. The minimum atomic E-state index is -0.462. The lowest BCUT2D eigenvalue weighted by Crippen LogP contribution is -2.17. The first-order chi connectivity index (χ1) is 7.65. The Morgan fingerprint density at radius 2 is 2.25 bits per heavy atom. The average molecular weight is 220 g/mol. The van der Waals surface area contributed by atoms with E-state index in [1.165, 1.54) is 6.07 Å². The van der Waals surface area contributed by atoms with Crippen LogP contribution in [-0.2, 0) is 13.6 Å². The Balaban J connectivity index is 2.11. The topological polar surface area (TPSA) is 34.0 Å². The third-order valence-electron chi connectivity index (χ3n) is 2.27. The van der Waals surface area contributed by atoms with E-state index in [1.54, 1.807) is 23.0 Å². The molecule has 0 aliphatic rings. The van der Waals surface area contributed by atoms with E-state index in [2.05, 4.69) is 10.1 Å². The van der Waals surface area contributed by atoms with Crippen molar-refractivity contribution < 1.29 is 4.39 Å². The van der Waals surface area contributed by atoms with Crippen molar-refractivity contribution >= 4 is 5.82 Å². The smallest absolute Gasteiger partial charge is 0.214 e. The molecule has 2 aromatic rings. The minimum absolute atomic E-state index is 0.462. The first-order valence-electron chi connectivity index (χ1n) is 4.96. The summed E-state index contributed by atoms with van der Waals surface area (Å²) >= 11 is 0. The molecule has 84 valence electrons. The molecule has 2 rings (SSSR count). The summed E-state index contributed by atoms with van der Waals surface area (Å²) in [6.45, 7) is 0.657. The van der Waals surface area contributed by atoms with E-state index in [0.29, 0.717) is 12.4 Å². The first-order valence-corrected chi connectivity index (χ1v) is 4.96. The predicted molar refractivity (Wildman–Crippen MR) is 59.5 cm³/mol. The molecule has 2 aromatic heterocycles. The Labute approximate surface area is 93.3 Å². The molecule has 0 spiro atoms. The number of pyridine rings is 1. The third kappa shape index (κ3) is 2.36. The molecule has 0 atom stereocenters. The second-order valence-electron chi connectivity index (χ2n) is 3.70. The number of nitrogens with zero attached hydrogens (tertiary/aromatic N) is 4. The highest BCUT2D eigenvalue weighted by Gasteiger charge is 2.05. The fourth-order valence-corrected chi connectivity index (χ4v) is 1.52. The second-order valence-corrected chi connectivity index (χ2v) is 3.70. The van der Waals surface area contributed by atoms with Crippen molar-refractivity contribution in [2.24, 2.45) is 7.05 Å². The molecule has 0 aliphatic carbocycles. The molecule has 0 saturated heterocycles. The normalized spacial score (nSPS) is 10.4. The molecule has 0 fully saturated rings. The van der Waals surface area contributed by atoms with Gasteiger partial charge < -0.3 is 4.90 Å². The van der Waals surface area contributed by atoms with Gasteiger partial charge in [0, 0.05) is 32.4 Å². The second kappa shape index (κ2) is 4.30. The fraction of sp³-hybridized carbons (Fsp3) is 0.273. The van der Waals surface area contributed by atoms with Gasteiger partial charge in [-0.3, -0.25) is 4.68 Å². The summed E-state index contributed by atoms with van der Waals surface area (Å²) in [5.41, 5.74) is 1.07. The van der Waals surface area contributed by atoms with E-state index < -0.39 is 5.95 Å². The van der Waals surface area contributed by atoms with Gasteiger partial charge in [0.05, 0.1) is 6.20 Å². The van der Waals surface area contributed by atoms with E-state index in [1.807, 2.05) is 25.2 Å². The van der Waals surface area contributed by atoms with E-state index in [4.69, 9.17) is 0 Å². The Kier molecular flexibility index (Phi) is 2.85. The number of aromatic nitrogens is 3. The monoisotopic (exact) mass is 220 g/mol. The Morgan fingerprint density at radius 3 is 2.88 bits per heavy atom. The molecular weight excluding hydrogens is 207 g/mol. The zero-order valence-electron chi connectivity index (χ0n) is 9.26. The van der Waals surface area contributed by atoms with Crippen molar-refractivity contribution in [3.8, 4) is 0 Å². The molecule has 0 radical (unpaired) electrons. The highest BCUT2D eigenvalue weighted by atomic mass is 19.1. The van der Waals surface area contributed by atoms with Gasteiger partial charge in [0.15, 0.2) is 0 Å². The van der Waals surface area contributed by atoms with E-state index in [0.717, 1.165) is 5.56 Å². The highest BCUT2D eigenvalue weighted by Crippen LogP contribution is 2.12. The number of aryl methyl sites for hydroxylation is 1. The van der Waals surface area contributed by atoms with Crippen LogP contribution in [0.15, 0.2) is 30.6 Å². The molecule has 0 saturated carbocycles. The van der Waals surface area contributed by atoms with Crippen LogP contribution < -0.4 is 4.90 Å². The van der Waals surface area contributed by atoms with Crippen LogP contribution in [0.25, 0.3) is 0 Å². The molecule has 0 aromatic carbocycles. The van der Waals surface area contributed by atoms with Gasteiger partial charge in [0.1, 0.15) is 5.82 Å². The largest absolute Gasteiger partial charge is 0.355 e. The van der Waals surface area contributed by atoms with Crippen LogP contribution in [0.1, 0.15) is 5.56 Å². The van der Waals surface area contributed by atoms with Gasteiger partial charge in [-0.25, -0.2) is 4.98 Å².